The van der Waals surface area contributed by atoms with E-state index in [1.54, 1.807) is 20.3 Å². The lowest BCUT2D eigenvalue weighted by Gasteiger charge is -2.22. The summed E-state index contributed by atoms with van der Waals surface area (Å²) >= 11 is 12.5. The predicted octanol–water partition coefficient (Wildman–Crippen LogP) is 4.32. The average molecular weight is 326 g/mol. The predicted molar refractivity (Wildman–Crippen MR) is 86.9 cm³/mol. The van der Waals surface area contributed by atoms with Gasteiger partial charge in [-0.05, 0) is 24.7 Å². The fourth-order valence-corrected chi connectivity index (χ4v) is 2.78. The molecule has 1 atom stereocenters. The minimum Gasteiger partial charge on any atom is -0.493 e. The summed E-state index contributed by atoms with van der Waals surface area (Å²) in [5, 5.41) is 4.31. The van der Waals surface area contributed by atoms with Gasteiger partial charge in [0.05, 0.1) is 30.3 Å². The van der Waals surface area contributed by atoms with Crippen LogP contribution in [-0.4, -0.2) is 21.3 Å². The summed E-state index contributed by atoms with van der Waals surface area (Å²) < 4.78 is 10.9. The van der Waals surface area contributed by atoms with Gasteiger partial charge in [0, 0.05) is 5.56 Å². The molecule has 1 N–H and O–H groups in total. The van der Waals surface area contributed by atoms with Crippen LogP contribution in [0.3, 0.4) is 0 Å². The molecule has 0 aliphatic carbocycles. The van der Waals surface area contributed by atoms with E-state index in [0.717, 1.165) is 11.1 Å². The highest BCUT2D eigenvalue weighted by molar-refractivity contribution is 6.42. The summed E-state index contributed by atoms with van der Waals surface area (Å²) in [7, 11) is 5.09. The van der Waals surface area contributed by atoms with Crippen LogP contribution in [0.25, 0.3) is 0 Å². The van der Waals surface area contributed by atoms with E-state index in [4.69, 9.17) is 32.7 Å². The quantitative estimate of drug-likeness (QED) is 0.888. The maximum Gasteiger partial charge on any atom is 0.165 e. The first kappa shape index (κ1) is 16.0. The molecule has 0 saturated heterocycles. The van der Waals surface area contributed by atoms with Crippen LogP contribution in [0.5, 0.6) is 11.5 Å². The van der Waals surface area contributed by atoms with Gasteiger partial charge in [-0.1, -0.05) is 47.5 Å². The molecular formula is C16H17Cl2NO2. The van der Waals surface area contributed by atoms with Gasteiger partial charge in [-0.25, -0.2) is 0 Å². The van der Waals surface area contributed by atoms with Crippen LogP contribution in [0.4, 0.5) is 0 Å². The smallest absolute Gasteiger partial charge is 0.165 e. The maximum absolute atomic E-state index is 6.34. The number of methoxy groups -OCH3 is 2. The topological polar surface area (TPSA) is 30.5 Å². The molecule has 5 heteroatoms. The molecule has 0 saturated carbocycles. The molecule has 0 aliphatic rings. The fourth-order valence-electron chi connectivity index (χ4n) is 2.36. The third-order valence-electron chi connectivity index (χ3n) is 3.33. The standard InChI is InChI=1S/C16H17Cl2NO2/c1-19-15(10-6-4-8-12(17)14(10)18)11-7-5-9-13(20-2)16(11)21-3/h4-9,15,19H,1-3H3. The molecule has 0 spiro atoms. The van der Waals surface area contributed by atoms with Gasteiger partial charge >= 0.3 is 0 Å². The Morgan fingerprint density at radius 1 is 0.952 bits per heavy atom. The Kier molecular flexibility index (Phi) is 5.34. The molecule has 0 heterocycles. The van der Waals surface area contributed by atoms with Crippen molar-refractivity contribution in [1.29, 1.82) is 0 Å². The summed E-state index contributed by atoms with van der Waals surface area (Å²) in [6.07, 6.45) is 0. The lowest BCUT2D eigenvalue weighted by molar-refractivity contribution is 0.349. The molecule has 0 aliphatic heterocycles. The van der Waals surface area contributed by atoms with Gasteiger partial charge in [0.15, 0.2) is 11.5 Å². The minimum atomic E-state index is -0.152. The van der Waals surface area contributed by atoms with E-state index in [9.17, 15) is 0 Å². The van der Waals surface area contributed by atoms with Gasteiger partial charge in [-0.3, -0.25) is 0 Å². The van der Waals surface area contributed by atoms with Crippen molar-refractivity contribution < 1.29 is 9.47 Å². The highest BCUT2D eigenvalue weighted by Gasteiger charge is 2.22. The van der Waals surface area contributed by atoms with Gasteiger partial charge in [0.25, 0.3) is 0 Å². The molecule has 0 bridgehead atoms. The lowest BCUT2D eigenvalue weighted by atomic mass is 9.97. The first-order chi connectivity index (χ1) is 10.1. The van der Waals surface area contributed by atoms with Crippen LogP contribution in [0, 0.1) is 0 Å². The second-order valence-corrected chi connectivity index (χ2v) is 5.23. The number of hydrogen-bond acceptors (Lipinski definition) is 3. The molecule has 2 aromatic carbocycles. The number of nitrogens with one attached hydrogen (secondary N) is 1. The Hall–Kier alpha value is -1.42. The van der Waals surface area contributed by atoms with E-state index in [1.165, 1.54) is 0 Å². The first-order valence-corrected chi connectivity index (χ1v) is 7.21. The van der Waals surface area contributed by atoms with Gasteiger partial charge in [0.2, 0.25) is 0 Å². The normalized spacial score (nSPS) is 12.0. The van der Waals surface area contributed by atoms with Gasteiger partial charge in [-0.2, -0.15) is 0 Å². The fraction of sp³-hybridized carbons (Fsp3) is 0.250. The highest BCUT2D eigenvalue weighted by Crippen LogP contribution is 2.40. The summed E-state index contributed by atoms with van der Waals surface area (Å²) in [5.74, 6) is 1.35. The molecule has 0 fully saturated rings. The molecule has 0 radical (unpaired) electrons. The molecule has 3 nitrogen and oxygen atoms in total. The number of halogens is 2. The van der Waals surface area contributed by atoms with Crippen molar-refractivity contribution in [2.75, 3.05) is 21.3 Å². The number of ether oxygens (including phenoxy) is 2. The van der Waals surface area contributed by atoms with E-state index in [2.05, 4.69) is 5.32 Å². The van der Waals surface area contributed by atoms with Gasteiger partial charge < -0.3 is 14.8 Å². The van der Waals surface area contributed by atoms with Crippen LogP contribution in [-0.2, 0) is 0 Å². The van der Waals surface area contributed by atoms with Crippen molar-refractivity contribution in [2.45, 2.75) is 6.04 Å². The van der Waals surface area contributed by atoms with E-state index < -0.39 is 0 Å². The second-order valence-electron chi connectivity index (χ2n) is 4.45. The minimum absolute atomic E-state index is 0.152. The summed E-state index contributed by atoms with van der Waals surface area (Å²) in [6, 6.07) is 11.2. The average Bonchev–Trinajstić information content (AvgIpc) is 2.51. The Morgan fingerprint density at radius 3 is 2.24 bits per heavy atom. The number of benzene rings is 2. The Morgan fingerprint density at radius 2 is 1.62 bits per heavy atom. The molecule has 2 aromatic rings. The zero-order valence-corrected chi connectivity index (χ0v) is 13.6. The maximum atomic E-state index is 6.34. The molecule has 2 rings (SSSR count). The monoisotopic (exact) mass is 325 g/mol. The number of hydrogen-bond donors (Lipinski definition) is 1. The molecule has 112 valence electrons. The van der Waals surface area contributed by atoms with Crippen molar-refractivity contribution in [3.8, 4) is 11.5 Å². The third-order valence-corrected chi connectivity index (χ3v) is 4.16. The molecule has 1 unspecified atom stereocenters. The van der Waals surface area contributed by atoms with E-state index in [-0.39, 0.29) is 6.04 Å². The second kappa shape index (κ2) is 7.03. The highest BCUT2D eigenvalue weighted by atomic mass is 35.5. The Balaban J connectivity index is 2.59. The zero-order chi connectivity index (χ0) is 15.4. The molecular weight excluding hydrogens is 309 g/mol. The molecule has 0 aromatic heterocycles. The van der Waals surface area contributed by atoms with E-state index >= 15 is 0 Å². The SMILES string of the molecule is CNC(c1cccc(Cl)c1Cl)c1cccc(OC)c1OC. The number of rotatable bonds is 5. The van der Waals surface area contributed by atoms with Crippen LogP contribution in [0.15, 0.2) is 36.4 Å². The molecule has 0 amide bonds. The Bertz CT molecular complexity index is 632. The molecule has 21 heavy (non-hydrogen) atoms. The van der Waals surface area contributed by atoms with Crippen LogP contribution in [0.1, 0.15) is 17.2 Å². The largest absolute Gasteiger partial charge is 0.493 e. The first-order valence-electron chi connectivity index (χ1n) is 6.46. The Labute approximate surface area is 134 Å². The zero-order valence-electron chi connectivity index (χ0n) is 12.1. The van der Waals surface area contributed by atoms with Crippen molar-refractivity contribution >= 4 is 23.2 Å². The third kappa shape index (κ3) is 3.10. The van der Waals surface area contributed by atoms with Gasteiger partial charge in [0.1, 0.15) is 0 Å². The van der Waals surface area contributed by atoms with Crippen molar-refractivity contribution in [1.82, 2.24) is 5.32 Å². The van der Waals surface area contributed by atoms with Crippen molar-refractivity contribution in [3.63, 3.8) is 0 Å². The lowest BCUT2D eigenvalue weighted by Crippen LogP contribution is -2.19. The van der Waals surface area contributed by atoms with E-state index in [1.807, 2.05) is 37.4 Å². The van der Waals surface area contributed by atoms with Crippen molar-refractivity contribution in [2.24, 2.45) is 0 Å². The van der Waals surface area contributed by atoms with E-state index in [0.29, 0.717) is 21.5 Å². The van der Waals surface area contributed by atoms with Crippen LogP contribution in [0.2, 0.25) is 10.0 Å². The summed E-state index contributed by atoms with van der Waals surface area (Å²) in [4.78, 5) is 0. The van der Waals surface area contributed by atoms with Crippen LogP contribution < -0.4 is 14.8 Å². The van der Waals surface area contributed by atoms with Crippen LogP contribution >= 0.6 is 23.2 Å². The van der Waals surface area contributed by atoms with Gasteiger partial charge in [-0.15, -0.1) is 0 Å². The van der Waals surface area contributed by atoms with Crippen molar-refractivity contribution in [3.05, 3.63) is 57.6 Å². The number of para-hydroxylation sites is 1. The summed E-state index contributed by atoms with van der Waals surface area (Å²) in [6.45, 7) is 0. The summed E-state index contributed by atoms with van der Waals surface area (Å²) in [5.41, 5.74) is 1.82.